The van der Waals surface area contributed by atoms with Crippen molar-refractivity contribution in [2.24, 2.45) is 11.8 Å². The number of nitriles is 1. The first kappa shape index (κ1) is 12.9. The molecular weight excluding hydrogens is 212 g/mol. The van der Waals surface area contributed by atoms with Gasteiger partial charge < -0.3 is 5.11 Å². The van der Waals surface area contributed by atoms with Gasteiger partial charge in [-0.15, -0.1) is 0 Å². The van der Waals surface area contributed by atoms with Gasteiger partial charge in [0.05, 0.1) is 17.6 Å². The molecule has 0 spiro atoms. The minimum atomic E-state index is -0.542. The van der Waals surface area contributed by atoms with Gasteiger partial charge in [0.15, 0.2) is 0 Å². The molecule has 96 valence electrons. The summed E-state index contributed by atoms with van der Waals surface area (Å²) in [5.74, 6) is 0.946. The quantitative estimate of drug-likeness (QED) is 0.799. The van der Waals surface area contributed by atoms with Crippen molar-refractivity contribution < 1.29 is 5.11 Å². The van der Waals surface area contributed by atoms with Crippen LogP contribution in [0.5, 0.6) is 0 Å². The maximum Gasteiger partial charge on any atom is 0.0758 e. The molecule has 3 nitrogen and oxygen atoms in total. The lowest BCUT2D eigenvalue weighted by Gasteiger charge is -2.38. The Morgan fingerprint density at radius 2 is 2.24 bits per heavy atom. The van der Waals surface area contributed by atoms with E-state index < -0.39 is 5.60 Å². The Labute approximate surface area is 104 Å². The number of hydrogen-bond acceptors (Lipinski definition) is 3. The average molecular weight is 236 g/mol. The van der Waals surface area contributed by atoms with Gasteiger partial charge in [-0.25, -0.2) is 0 Å². The SMILES string of the molecule is CCC1CCC(C#N)C(N2CCC(C)(O)C2)C1. The first-order valence-corrected chi connectivity index (χ1v) is 6.92. The molecule has 1 heterocycles. The molecule has 1 N–H and O–H groups in total. The Morgan fingerprint density at radius 1 is 1.47 bits per heavy atom. The third-order valence-corrected chi connectivity index (χ3v) is 4.62. The summed E-state index contributed by atoms with van der Waals surface area (Å²) in [6.45, 7) is 5.85. The summed E-state index contributed by atoms with van der Waals surface area (Å²) in [6, 6.07) is 2.86. The average Bonchev–Trinajstić information content (AvgIpc) is 2.68. The van der Waals surface area contributed by atoms with E-state index in [1.807, 2.05) is 6.92 Å². The zero-order chi connectivity index (χ0) is 12.5. The fourth-order valence-electron chi connectivity index (χ4n) is 3.42. The number of hydrogen-bond donors (Lipinski definition) is 1. The summed E-state index contributed by atoms with van der Waals surface area (Å²) in [4.78, 5) is 2.36. The van der Waals surface area contributed by atoms with Crippen LogP contribution in [0.2, 0.25) is 0 Å². The molecule has 2 fully saturated rings. The molecule has 1 aliphatic heterocycles. The van der Waals surface area contributed by atoms with E-state index in [-0.39, 0.29) is 5.92 Å². The van der Waals surface area contributed by atoms with Crippen LogP contribution in [0, 0.1) is 23.2 Å². The van der Waals surface area contributed by atoms with E-state index >= 15 is 0 Å². The maximum atomic E-state index is 10.1. The first-order chi connectivity index (χ1) is 8.05. The van der Waals surface area contributed by atoms with Crippen molar-refractivity contribution in [3.8, 4) is 6.07 Å². The van der Waals surface area contributed by atoms with Crippen molar-refractivity contribution in [1.82, 2.24) is 4.90 Å². The molecule has 0 aromatic heterocycles. The van der Waals surface area contributed by atoms with Crippen molar-refractivity contribution in [1.29, 1.82) is 5.26 Å². The molecule has 4 unspecified atom stereocenters. The molecule has 4 atom stereocenters. The van der Waals surface area contributed by atoms with Gasteiger partial charge in [-0.2, -0.15) is 5.26 Å². The van der Waals surface area contributed by atoms with Crippen LogP contribution in [0.1, 0.15) is 46.0 Å². The highest BCUT2D eigenvalue weighted by Crippen LogP contribution is 2.36. The second kappa shape index (κ2) is 4.96. The molecule has 0 amide bonds. The normalized spacial score (nSPS) is 43.5. The van der Waals surface area contributed by atoms with Crippen LogP contribution in [0.3, 0.4) is 0 Å². The van der Waals surface area contributed by atoms with E-state index in [0.717, 1.165) is 38.3 Å². The van der Waals surface area contributed by atoms with Crippen LogP contribution >= 0.6 is 0 Å². The Morgan fingerprint density at radius 3 is 2.76 bits per heavy atom. The Hall–Kier alpha value is -0.590. The molecule has 2 aliphatic rings. The molecule has 17 heavy (non-hydrogen) atoms. The lowest BCUT2D eigenvalue weighted by molar-refractivity contribution is 0.0478. The van der Waals surface area contributed by atoms with Crippen LogP contribution in [0.15, 0.2) is 0 Å². The number of nitrogens with zero attached hydrogens (tertiary/aromatic N) is 2. The minimum Gasteiger partial charge on any atom is -0.389 e. The molecule has 0 aromatic carbocycles. The van der Waals surface area contributed by atoms with Crippen LogP contribution in [0.25, 0.3) is 0 Å². The maximum absolute atomic E-state index is 10.1. The second-order valence-corrected chi connectivity index (χ2v) is 6.11. The van der Waals surface area contributed by atoms with Gasteiger partial charge in [-0.1, -0.05) is 13.3 Å². The van der Waals surface area contributed by atoms with E-state index in [0.29, 0.717) is 6.04 Å². The molecule has 1 saturated carbocycles. The summed E-state index contributed by atoms with van der Waals surface area (Å²) in [7, 11) is 0. The smallest absolute Gasteiger partial charge is 0.0758 e. The highest BCUT2D eigenvalue weighted by molar-refractivity contribution is 5.00. The zero-order valence-electron chi connectivity index (χ0n) is 11.0. The minimum absolute atomic E-state index is 0.173. The van der Waals surface area contributed by atoms with Gasteiger partial charge in [0.1, 0.15) is 0 Å². The fraction of sp³-hybridized carbons (Fsp3) is 0.929. The zero-order valence-corrected chi connectivity index (χ0v) is 11.0. The highest BCUT2D eigenvalue weighted by atomic mass is 16.3. The third-order valence-electron chi connectivity index (χ3n) is 4.62. The molecule has 0 aromatic rings. The van der Waals surface area contributed by atoms with Gasteiger partial charge in [0.25, 0.3) is 0 Å². The van der Waals surface area contributed by atoms with E-state index in [1.165, 1.54) is 12.8 Å². The largest absolute Gasteiger partial charge is 0.389 e. The van der Waals surface area contributed by atoms with E-state index in [2.05, 4.69) is 17.9 Å². The van der Waals surface area contributed by atoms with E-state index in [9.17, 15) is 10.4 Å². The standard InChI is InChI=1S/C14H24N2O/c1-3-11-4-5-12(9-15)13(8-11)16-7-6-14(2,17)10-16/h11-13,17H,3-8,10H2,1-2H3. The summed E-state index contributed by atoms with van der Waals surface area (Å²) < 4.78 is 0. The number of rotatable bonds is 2. The lowest BCUT2D eigenvalue weighted by atomic mass is 9.77. The topological polar surface area (TPSA) is 47.3 Å². The predicted molar refractivity (Wildman–Crippen MR) is 67.3 cm³/mol. The van der Waals surface area contributed by atoms with Crippen molar-refractivity contribution in [3.63, 3.8) is 0 Å². The van der Waals surface area contributed by atoms with Gasteiger partial charge in [-0.3, -0.25) is 4.90 Å². The molecule has 1 saturated heterocycles. The Kier molecular flexibility index (Phi) is 3.75. The molecule has 2 rings (SSSR count). The van der Waals surface area contributed by atoms with Gasteiger partial charge in [0.2, 0.25) is 0 Å². The van der Waals surface area contributed by atoms with E-state index in [1.54, 1.807) is 0 Å². The van der Waals surface area contributed by atoms with Crippen molar-refractivity contribution in [2.75, 3.05) is 13.1 Å². The second-order valence-electron chi connectivity index (χ2n) is 6.11. The van der Waals surface area contributed by atoms with Crippen molar-refractivity contribution >= 4 is 0 Å². The number of likely N-dealkylation sites (tertiary alicyclic amines) is 1. The van der Waals surface area contributed by atoms with Crippen LogP contribution in [-0.4, -0.2) is 34.7 Å². The van der Waals surface area contributed by atoms with Crippen LogP contribution < -0.4 is 0 Å². The first-order valence-electron chi connectivity index (χ1n) is 6.92. The molecule has 0 radical (unpaired) electrons. The van der Waals surface area contributed by atoms with Crippen LogP contribution in [0.4, 0.5) is 0 Å². The van der Waals surface area contributed by atoms with Gasteiger partial charge in [0, 0.05) is 19.1 Å². The predicted octanol–water partition coefficient (Wildman–Crippen LogP) is 2.16. The Balaban J connectivity index is 2.03. The van der Waals surface area contributed by atoms with Crippen molar-refractivity contribution in [3.05, 3.63) is 0 Å². The van der Waals surface area contributed by atoms with Crippen molar-refractivity contribution in [2.45, 2.75) is 57.6 Å². The third kappa shape index (κ3) is 2.81. The summed E-state index contributed by atoms with van der Waals surface area (Å²) in [5.41, 5.74) is -0.542. The summed E-state index contributed by atoms with van der Waals surface area (Å²) >= 11 is 0. The summed E-state index contributed by atoms with van der Waals surface area (Å²) in [6.07, 6.45) is 5.45. The molecular formula is C14H24N2O. The van der Waals surface area contributed by atoms with Gasteiger partial charge in [-0.05, 0) is 38.5 Å². The lowest BCUT2D eigenvalue weighted by Crippen LogP contribution is -2.44. The summed E-state index contributed by atoms with van der Waals surface area (Å²) in [5, 5.41) is 19.3. The fourth-order valence-corrected chi connectivity index (χ4v) is 3.42. The van der Waals surface area contributed by atoms with Crippen LogP contribution in [-0.2, 0) is 0 Å². The van der Waals surface area contributed by atoms with E-state index in [4.69, 9.17) is 0 Å². The highest BCUT2D eigenvalue weighted by Gasteiger charge is 2.40. The molecule has 1 aliphatic carbocycles. The Bertz CT molecular complexity index is 308. The van der Waals surface area contributed by atoms with Gasteiger partial charge >= 0.3 is 0 Å². The molecule has 3 heteroatoms. The monoisotopic (exact) mass is 236 g/mol. The number of β-amino-alcohol motifs (C(OH)–C–C–N with tert-alkyl or cyclic N) is 1. The molecule has 0 bridgehead atoms. The number of aliphatic hydroxyl groups is 1.